The van der Waals surface area contributed by atoms with E-state index in [1.807, 2.05) is 68.4 Å². The average molecular weight is 327 g/mol. The highest BCUT2D eigenvalue weighted by Gasteiger charge is 2.08. The Balaban J connectivity index is 1.58. The lowest BCUT2D eigenvalue weighted by Crippen LogP contribution is -2.36. The molecule has 0 unspecified atom stereocenters. The molecule has 1 amide bonds. The van der Waals surface area contributed by atoms with Crippen molar-refractivity contribution in [3.05, 3.63) is 60.2 Å². The van der Waals surface area contributed by atoms with Crippen LogP contribution in [-0.4, -0.2) is 25.2 Å². The molecular weight excluding hydrogens is 302 g/mol. The Bertz CT molecular complexity index is 611. The first kappa shape index (κ1) is 17.9. The quantitative estimate of drug-likeness (QED) is 0.714. The molecule has 2 aromatic rings. The van der Waals surface area contributed by atoms with Gasteiger partial charge < -0.3 is 14.8 Å². The molecule has 0 aliphatic carbocycles. The third-order valence-corrected chi connectivity index (χ3v) is 3.49. The van der Waals surface area contributed by atoms with E-state index in [4.69, 9.17) is 9.47 Å². The van der Waals surface area contributed by atoms with Gasteiger partial charge in [-0.1, -0.05) is 35.9 Å². The molecule has 0 spiro atoms. The molecule has 4 heteroatoms. The highest BCUT2D eigenvalue weighted by atomic mass is 16.5. The molecule has 0 aliphatic heterocycles. The maximum atomic E-state index is 11.9. The molecule has 0 aromatic heterocycles. The summed E-state index contributed by atoms with van der Waals surface area (Å²) in [5.41, 5.74) is 1.20. The Kier molecular flexibility index (Phi) is 7.15. The fourth-order valence-corrected chi connectivity index (χ4v) is 2.18. The largest absolute Gasteiger partial charge is 0.494 e. The number of ether oxygens (including phenoxy) is 2. The van der Waals surface area contributed by atoms with Crippen LogP contribution in [0.3, 0.4) is 0 Å². The van der Waals surface area contributed by atoms with Crippen LogP contribution in [0.4, 0.5) is 0 Å². The van der Waals surface area contributed by atoms with Crippen LogP contribution >= 0.6 is 0 Å². The summed E-state index contributed by atoms with van der Waals surface area (Å²) < 4.78 is 11.2. The predicted octanol–water partition coefficient (Wildman–Crippen LogP) is 3.74. The molecule has 0 saturated heterocycles. The number of rotatable bonds is 9. The van der Waals surface area contributed by atoms with E-state index in [1.165, 1.54) is 5.56 Å². The summed E-state index contributed by atoms with van der Waals surface area (Å²) in [5.74, 6) is 1.67. The molecule has 0 heterocycles. The van der Waals surface area contributed by atoms with Crippen LogP contribution in [0.5, 0.6) is 11.5 Å². The van der Waals surface area contributed by atoms with Gasteiger partial charge in [-0.25, -0.2) is 0 Å². The van der Waals surface area contributed by atoms with Crippen molar-refractivity contribution >= 4 is 5.91 Å². The number of nitrogens with one attached hydrogen (secondary N) is 1. The monoisotopic (exact) mass is 327 g/mol. The number of carbonyl (C=O) groups is 1. The van der Waals surface area contributed by atoms with Crippen LogP contribution in [0, 0.1) is 6.92 Å². The van der Waals surface area contributed by atoms with Crippen molar-refractivity contribution in [1.82, 2.24) is 5.32 Å². The van der Waals surface area contributed by atoms with Crippen molar-refractivity contribution in [1.29, 1.82) is 0 Å². The van der Waals surface area contributed by atoms with Gasteiger partial charge in [-0.3, -0.25) is 4.79 Å². The molecule has 128 valence electrons. The van der Waals surface area contributed by atoms with E-state index in [9.17, 15) is 4.79 Å². The Morgan fingerprint density at radius 2 is 1.67 bits per heavy atom. The van der Waals surface area contributed by atoms with E-state index in [-0.39, 0.29) is 11.9 Å². The maximum absolute atomic E-state index is 11.9. The van der Waals surface area contributed by atoms with Gasteiger partial charge in [-0.05, 0) is 44.5 Å². The lowest BCUT2D eigenvalue weighted by Gasteiger charge is -2.15. The van der Waals surface area contributed by atoms with Crippen LogP contribution in [0.15, 0.2) is 54.6 Å². The lowest BCUT2D eigenvalue weighted by atomic mass is 10.2. The van der Waals surface area contributed by atoms with E-state index < -0.39 is 0 Å². The van der Waals surface area contributed by atoms with E-state index >= 15 is 0 Å². The second-order valence-corrected chi connectivity index (χ2v) is 5.86. The summed E-state index contributed by atoms with van der Waals surface area (Å²) in [7, 11) is 0. The fraction of sp³-hybridized carbons (Fsp3) is 0.350. The highest BCUT2D eigenvalue weighted by molar-refractivity contribution is 5.76. The van der Waals surface area contributed by atoms with Gasteiger partial charge in [0.2, 0.25) is 5.91 Å². The molecule has 1 atom stereocenters. The molecule has 2 aromatic carbocycles. The van der Waals surface area contributed by atoms with Crippen LogP contribution in [-0.2, 0) is 4.79 Å². The van der Waals surface area contributed by atoms with E-state index in [0.717, 1.165) is 11.5 Å². The van der Waals surface area contributed by atoms with Gasteiger partial charge in [0.25, 0.3) is 0 Å². The summed E-state index contributed by atoms with van der Waals surface area (Å²) in [5, 5.41) is 2.94. The second-order valence-electron chi connectivity index (χ2n) is 5.86. The van der Waals surface area contributed by atoms with Crippen molar-refractivity contribution in [3.63, 3.8) is 0 Å². The topological polar surface area (TPSA) is 47.6 Å². The molecule has 0 aliphatic rings. The van der Waals surface area contributed by atoms with E-state index in [0.29, 0.717) is 26.1 Å². The number of amides is 1. The minimum Gasteiger partial charge on any atom is -0.494 e. The summed E-state index contributed by atoms with van der Waals surface area (Å²) in [6.45, 7) is 4.96. The van der Waals surface area contributed by atoms with Gasteiger partial charge in [0.05, 0.1) is 12.6 Å². The normalized spacial score (nSPS) is 11.6. The fourth-order valence-electron chi connectivity index (χ4n) is 2.18. The molecule has 4 nitrogen and oxygen atoms in total. The average Bonchev–Trinajstić information content (AvgIpc) is 2.59. The lowest BCUT2D eigenvalue weighted by molar-refractivity contribution is -0.122. The van der Waals surface area contributed by atoms with Crippen molar-refractivity contribution in [3.8, 4) is 11.5 Å². The zero-order valence-corrected chi connectivity index (χ0v) is 14.3. The van der Waals surface area contributed by atoms with Gasteiger partial charge >= 0.3 is 0 Å². The Morgan fingerprint density at radius 3 is 2.38 bits per heavy atom. The van der Waals surface area contributed by atoms with Crippen LogP contribution in [0.25, 0.3) is 0 Å². The summed E-state index contributed by atoms with van der Waals surface area (Å²) >= 11 is 0. The zero-order chi connectivity index (χ0) is 17.2. The first-order chi connectivity index (χ1) is 11.6. The van der Waals surface area contributed by atoms with Crippen LogP contribution < -0.4 is 14.8 Å². The predicted molar refractivity (Wildman–Crippen MR) is 95.4 cm³/mol. The molecule has 24 heavy (non-hydrogen) atoms. The highest BCUT2D eigenvalue weighted by Crippen LogP contribution is 2.11. The molecule has 0 fully saturated rings. The number of hydrogen-bond acceptors (Lipinski definition) is 3. The molecule has 0 radical (unpaired) electrons. The Morgan fingerprint density at radius 1 is 1.00 bits per heavy atom. The summed E-state index contributed by atoms with van der Waals surface area (Å²) in [4.78, 5) is 11.9. The van der Waals surface area contributed by atoms with Gasteiger partial charge in [0, 0.05) is 6.42 Å². The van der Waals surface area contributed by atoms with Crippen molar-refractivity contribution in [2.24, 2.45) is 0 Å². The summed E-state index contributed by atoms with van der Waals surface area (Å²) in [6.07, 6.45) is 1.13. The van der Waals surface area contributed by atoms with Crippen molar-refractivity contribution in [2.75, 3.05) is 13.2 Å². The molecule has 2 rings (SSSR count). The minimum absolute atomic E-state index is 0.0201. The number of carbonyl (C=O) groups excluding carboxylic acids is 1. The zero-order valence-electron chi connectivity index (χ0n) is 14.3. The smallest absolute Gasteiger partial charge is 0.220 e. The van der Waals surface area contributed by atoms with Crippen LogP contribution in [0.1, 0.15) is 25.3 Å². The third kappa shape index (κ3) is 6.73. The second kappa shape index (κ2) is 9.60. The first-order valence-electron chi connectivity index (χ1n) is 8.30. The SMILES string of the molecule is Cc1ccc(OC[C@@H](C)NC(=O)CCCOc2ccccc2)cc1. The van der Waals surface area contributed by atoms with Crippen LogP contribution in [0.2, 0.25) is 0 Å². The van der Waals surface area contributed by atoms with Crippen molar-refractivity contribution < 1.29 is 14.3 Å². The van der Waals surface area contributed by atoms with Gasteiger partial charge in [0.15, 0.2) is 0 Å². The standard InChI is InChI=1S/C20H25NO3/c1-16-10-12-19(13-11-16)24-15-17(2)21-20(22)9-6-14-23-18-7-4-3-5-8-18/h3-5,7-8,10-13,17H,6,9,14-15H2,1-2H3,(H,21,22)/t17-/m1/s1. The molecular formula is C20H25NO3. The Hall–Kier alpha value is -2.49. The van der Waals surface area contributed by atoms with Crippen molar-refractivity contribution in [2.45, 2.75) is 32.7 Å². The number of hydrogen-bond donors (Lipinski definition) is 1. The molecule has 0 bridgehead atoms. The molecule has 1 N–H and O–H groups in total. The summed E-state index contributed by atoms with van der Waals surface area (Å²) in [6, 6.07) is 17.5. The van der Waals surface area contributed by atoms with Gasteiger partial charge in [-0.15, -0.1) is 0 Å². The number of benzene rings is 2. The van der Waals surface area contributed by atoms with E-state index in [1.54, 1.807) is 0 Å². The number of para-hydroxylation sites is 1. The first-order valence-corrected chi connectivity index (χ1v) is 8.30. The third-order valence-electron chi connectivity index (χ3n) is 3.49. The number of aryl methyl sites for hydroxylation is 1. The minimum atomic E-state index is -0.0335. The Labute approximate surface area is 143 Å². The van der Waals surface area contributed by atoms with Gasteiger partial charge in [0.1, 0.15) is 18.1 Å². The maximum Gasteiger partial charge on any atom is 0.220 e. The van der Waals surface area contributed by atoms with Gasteiger partial charge in [-0.2, -0.15) is 0 Å². The van der Waals surface area contributed by atoms with E-state index in [2.05, 4.69) is 5.32 Å². The molecule has 0 saturated carbocycles.